The van der Waals surface area contributed by atoms with E-state index in [1.165, 1.54) is 12.8 Å². The fraction of sp³-hybridized carbons (Fsp3) is 0.333. The quantitative estimate of drug-likeness (QED) is 0.642. The molecule has 0 saturated carbocycles. The van der Waals surface area contributed by atoms with Crippen LogP contribution in [0.15, 0.2) is 53.3 Å². The number of hydrogen-bond acceptors (Lipinski definition) is 2. The Balaban J connectivity index is 2.12. The number of para-hydroxylation sites is 2. The van der Waals surface area contributed by atoms with Crippen molar-refractivity contribution in [1.82, 2.24) is 9.55 Å². The first kappa shape index (κ1) is 18.6. The number of halogens is 1. The van der Waals surface area contributed by atoms with Crippen LogP contribution in [0.2, 0.25) is 5.02 Å². The van der Waals surface area contributed by atoms with E-state index in [1.807, 2.05) is 42.5 Å². The summed E-state index contributed by atoms with van der Waals surface area (Å²) in [6.45, 7) is 5.31. The van der Waals surface area contributed by atoms with E-state index in [4.69, 9.17) is 16.6 Å². The summed E-state index contributed by atoms with van der Waals surface area (Å²) < 4.78 is 1.67. The molecule has 5 heteroatoms. The molecule has 136 valence electrons. The minimum Gasteiger partial charge on any atom is -0.338 e. The highest BCUT2D eigenvalue weighted by Gasteiger charge is 2.21. The van der Waals surface area contributed by atoms with Crippen molar-refractivity contribution < 1.29 is 5.32 Å². The third kappa shape index (κ3) is 3.81. The highest BCUT2D eigenvalue weighted by Crippen LogP contribution is 2.22. The molecule has 0 aliphatic rings. The molecule has 1 atom stereocenters. The van der Waals surface area contributed by atoms with Crippen molar-refractivity contribution in [2.75, 3.05) is 6.54 Å². The average Bonchev–Trinajstić information content (AvgIpc) is 2.66. The lowest BCUT2D eigenvalue weighted by atomic mass is 10.2. The summed E-state index contributed by atoms with van der Waals surface area (Å²) in [6, 6.07) is 15.0. The normalized spacial score (nSPS) is 12.4. The van der Waals surface area contributed by atoms with Crippen LogP contribution in [0.4, 0.5) is 0 Å². The summed E-state index contributed by atoms with van der Waals surface area (Å²) >= 11 is 6.41. The predicted molar refractivity (Wildman–Crippen MR) is 107 cm³/mol. The summed E-state index contributed by atoms with van der Waals surface area (Å²) in [5, 5.41) is 3.40. The van der Waals surface area contributed by atoms with E-state index in [2.05, 4.69) is 19.2 Å². The van der Waals surface area contributed by atoms with Gasteiger partial charge in [-0.3, -0.25) is 9.36 Å². The van der Waals surface area contributed by atoms with Gasteiger partial charge in [-0.1, -0.05) is 49.2 Å². The fourth-order valence-electron chi connectivity index (χ4n) is 3.19. The molecule has 0 aliphatic heterocycles. The molecule has 3 aromatic rings. The van der Waals surface area contributed by atoms with Crippen LogP contribution in [-0.4, -0.2) is 16.1 Å². The molecule has 0 aliphatic carbocycles. The predicted octanol–water partition coefficient (Wildman–Crippen LogP) is 3.85. The van der Waals surface area contributed by atoms with Crippen LogP contribution in [0.25, 0.3) is 16.6 Å². The number of rotatable bonds is 7. The van der Waals surface area contributed by atoms with Crippen LogP contribution in [-0.2, 0) is 0 Å². The molecule has 4 nitrogen and oxygen atoms in total. The maximum Gasteiger partial charge on any atom is 0.266 e. The third-order valence-corrected chi connectivity index (χ3v) is 4.95. The molecule has 26 heavy (non-hydrogen) atoms. The first-order valence-electron chi connectivity index (χ1n) is 9.23. The Labute approximate surface area is 158 Å². The zero-order valence-corrected chi connectivity index (χ0v) is 16.0. The molecule has 0 fully saturated rings. The maximum absolute atomic E-state index is 13.2. The van der Waals surface area contributed by atoms with E-state index in [0.717, 1.165) is 24.3 Å². The Hall–Kier alpha value is -2.17. The van der Waals surface area contributed by atoms with Gasteiger partial charge < -0.3 is 5.32 Å². The number of fused-ring (bicyclic) bond motifs is 1. The van der Waals surface area contributed by atoms with Crippen molar-refractivity contribution >= 4 is 22.5 Å². The van der Waals surface area contributed by atoms with Gasteiger partial charge >= 0.3 is 0 Å². The highest BCUT2D eigenvalue weighted by molar-refractivity contribution is 6.32. The van der Waals surface area contributed by atoms with Gasteiger partial charge in [-0.2, -0.15) is 0 Å². The van der Waals surface area contributed by atoms with Gasteiger partial charge in [0.2, 0.25) is 0 Å². The number of quaternary nitrogens is 1. The highest BCUT2D eigenvalue weighted by atomic mass is 35.5. The van der Waals surface area contributed by atoms with E-state index in [9.17, 15) is 4.79 Å². The Morgan fingerprint density at radius 1 is 1.12 bits per heavy atom. The minimum absolute atomic E-state index is 0.0560. The van der Waals surface area contributed by atoms with Crippen LogP contribution in [0, 0.1) is 0 Å². The van der Waals surface area contributed by atoms with Crippen LogP contribution in [0.5, 0.6) is 0 Å². The van der Waals surface area contributed by atoms with Crippen LogP contribution < -0.4 is 10.9 Å². The molecular formula is C21H25ClN3O+. The second kappa shape index (κ2) is 8.47. The first-order chi connectivity index (χ1) is 12.6. The monoisotopic (exact) mass is 370 g/mol. The van der Waals surface area contributed by atoms with Crippen molar-refractivity contribution in [3.05, 3.63) is 69.7 Å². The molecule has 0 radical (unpaired) electrons. The van der Waals surface area contributed by atoms with Crippen molar-refractivity contribution in [2.45, 2.75) is 39.2 Å². The zero-order chi connectivity index (χ0) is 18.5. The third-order valence-electron chi connectivity index (χ3n) is 4.63. The SMILES string of the molecule is CCCCC[NH2+][C@@H](C)c1nc2ccccc2c(=O)n1-c1ccccc1Cl. The molecule has 0 spiro atoms. The lowest BCUT2D eigenvalue weighted by Crippen LogP contribution is -2.85. The second-order valence-corrected chi connectivity index (χ2v) is 7.01. The molecule has 1 heterocycles. The Kier molecular flexibility index (Phi) is 6.07. The van der Waals surface area contributed by atoms with Gasteiger partial charge in [0.1, 0.15) is 6.04 Å². The summed E-state index contributed by atoms with van der Waals surface area (Å²) in [4.78, 5) is 18.1. The van der Waals surface area contributed by atoms with Crippen molar-refractivity contribution in [3.8, 4) is 5.69 Å². The number of hydrogen-bond donors (Lipinski definition) is 1. The standard InChI is InChI=1S/C21H24ClN3O/c1-3-4-9-14-23-15(2)20-24-18-12-7-5-10-16(18)21(26)25(20)19-13-8-6-11-17(19)22/h5-8,10-13,15,23H,3-4,9,14H2,1-2H3/p+1/t15-/m0/s1. The molecule has 2 aromatic carbocycles. The number of benzene rings is 2. The number of aromatic nitrogens is 2. The number of unbranched alkanes of at least 4 members (excludes halogenated alkanes) is 2. The summed E-state index contributed by atoms with van der Waals surface area (Å²) in [7, 11) is 0. The molecule has 0 saturated heterocycles. The van der Waals surface area contributed by atoms with E-state index >= 15 is 0 Å². The number of nitrogens with two attached hydrogens (primary N) is 1. The van der Waals surface area contributed by atoms with E-state index in [0.29, 0.717) is 16.1 Å². The molecular weight excluding hydrogens is 346 g/mol. The average molecular weight is 371 g/mol. The van der Waals surface area contributed by atoms with Gasteiger partial charge in [-0.05, 0) is 44.0 Å². The fourth-order valence-corrected chi connectivity index (χ4v) is 3.41. The van der Waals surface area contributed by atoms with Gasteiger partial charge in [-0.25, -0.2) is 4.98 Å². The Morgan fingerprint density at radius 2 is 1.85 bits per heavy atom. The van der Waals surface area contributed by atoms with Crippen molar-refractivity contribution in [1.29, 1.82) is 0 Å². The lowest BCUT2D eigenvalue weighted by molar-refractivity contribution is -0.694. The molecule has 2 N–H and O–H groups in total. The van der Waals surface area contributed by atoms with E-state index < -0.39 is 0 Å². The van der Waals surface area contributed by atoms with E-state index in [-0.39, 0.29) is 11.6 Å². The van der Waals surface area contributed by atoms with Crippen molar-refractivity contribution in [3.63, 3.8) is 0 Å². The summed E-state index contributed by atoms with van der Waals surface area (Å²) in [5.74, 6) is 0.735. The van der Waals surface area contributed by atoms with E-state index in [1.54, 1.807) is 10.6 Å². The summed E-state index contributed by atoms with van der Waals surface area (Å²) in [6.07, 6.45) is 3.57. The zero-order valence-electron chi connectivity index (χ0n) is 15.3. The molecule has 0 amide bonds. The molecule has 3 rings (SSSR count). The van der Waals surface area contributed by atoms with Crippen molar-refractivity contribution in [2.24, 2.45) is 0 Å². The Bertz CT molecular complexity index is 951. The molecule has 1 aromatic heterocycles. The van der Waals surface area contributed by atoms with Crippen LogP contribution >= 0.6 is 11.6 Å². The van der Waals surface area contributed by atoms with Crippen LogP contribution in [0.3, 0.4) is 0 Å². The number of nitrogens with zero attached hydrogens (tertiary/aromatic N) is 2. The van der Waals surface area contributed by atoms with Gasteiger partial charge in [-0.15, -0.1) is 0 Å². The summed E-state index contributed by atoms with van der Waals surface area (Å²) in [5.41, 5.74) is 1.33. The topological polar surface area (TPSA) is 51.5 Å². The molecule has 0 bridgehead atoms. The van der Waals surface area contributed by atoms with Gasteiger partial charge in [0, 0.05) is 0 Å². The van der Waals surface area contributed by atoms with Crippen LogP contribution in [0.1, 0.15) is 45.0 Å². The lowest BCUT2D eigenvalue weighted by Gasteiger charge is -2.18. The second-order valence-electron chi connectivity index (χ2n) is 6.60. The first-order valence-corrected chi connectivity index (χ1v) is 9.61. The largest absolute Gasteiger partial charge is 0.338 e. The van der Waals surface area contributed by atoms with Gasteiger partial charge in [0.25, 0.3) is 5.56 Å². The van der Waals surface area contributed by atoms with Gasteiger partial charge in [0.15, 0.2) is 5.82 Å². The minimum atomic E-state index is -0.0764. The smallest absolute Gasteiger partial charge is 0.266 e. The van der Waals surface area contributed by atoms with Gasteiger partial charge in [0.05, 0.1) is 28.2 Å². The maximum atomic E-state index is 13.2. The molecule has 0 unspecified atom stereocenters. The Morgan fingerprint density at radius 3 is 2.62 bits per heavy atom.